The number of methoxy groups -OCH3 is 1. The number of benzene rings is 2. The van der Waals surface area contributed by atoms with Gasteiger partial charge in [0.05, 0.1) is 30.2 Å². The summed E-state index contributed by atoms with van der Waals surface area (Å²) in [5.41, 5.74) is 3.58. The molecule has 4 rings (SSSR count). The zero-order valence-electron chi connectivity index (χ0n) is 15.7. The van der Waals surface area contributed by atoms with Gasteiger partial charge in [0, 0.05) is 11.8 Å². The van der Waals surface area contributed by atoms with Crippen molar-refractivity contribution in [2.45, 2.75) is 19.5 Å². The number of aromatic hydroxyl groups is 1. The van der Waals surface area contributed by atoms with E-state index in [-0.39, 0.29) is 11.9 Å². The van der Waals surface area contributed by atoms with E-state index in [9.17, 15) is 5.11 Å². The number of anilines is 1. The van der Waals surface area contributed by atoms with E-state index in [1.165, 1.54) is 7.11 Å². The molecule has 2 aromatic heterocycles. The molecule has 28 heavy (non-hydrogen) atoms. The molecule has 2 aromatic carbocycles. The molecule has 0 aliphatic carbocycles. The smallest absolute Gasteiger partial charge is 0.224 e. The van der Waals surface area contributed by atoms with Crippen LogP contribution in [-0.2, 0) is 0 Å². The summed E-state index contributed by atoms with van der Waals surface area (Å²) >= 11 is 0. The van der Waals surface area contributed by atoms with Gasteiger partial charge >= 0.3 is 0 Å². The molecule has 0 aliphatic rings. The van der Waals surface area contributed by atoms with E-state index >= 15 is 0 Å². The minimum absolute atomic E-state index is 0.0306. The molecule has 2 N–H and O–H groups in total. The van der Waals surface area contributed by atoms with Crippen LogP contribution in [-0.4, -0.2) is 31.7 Å². The summed E-state index contributed by atoms with van der Waals surface area (Å²) in [6.07, 6.45) is 4.35. The molecule has 0 saturated carbocycles. The number of nitrogens with zero attached hydrogens (tertiary/aromatic N) is 4. The Morgan fingerprint density at radius 1 is 1.14 bits per heavy atom. The number of rotatable bonds is 6. The largest absolute Gasteiger partial charge is 0.504 e. The minimum atomic E-state index is -0.0306. The quantitative estimate of drug-likeness (QED) is 0.525. The van der Waals surface area contributed by atoms with E-state index in [2.05, 4.69) is 31.8 Å². The molecule has 0 spiro atoms. The van der Waals surface area contributed by atoms with Crippen molar-refractivity contribution >= 4 is 17.0 Å². The van der Waals surface area contributed by atoms with Crippen LogP contribution in [0.4, 0.5) is 5.95 Å². The molecule has 4 aromatic rings. The van der Waals surface area contributed by atoms with Crippen molar-refractivity contribution in [1.29, 1.82) is 0 Å². The summed E-state index contributed by atoms with van der Waals surface area (Å²) in [6.45, 7) is 2.10. The summed E-state index contributed by atoms with van der Waals surface area (Å²) < 4.78 is 7.28. The van der Waals surface area contributed by atoms with Gasteiger partial charge in [-0.2, -0.15) is 0 Å². The maximum atomic E-state index is 9.80. The Balaban J connectivity index is 1.64. The molecule has 1 atom stereocenters. The molecular formula is C21H21N5O2. The number of para-hydroxylation sites is 2. The normalized spacial score (nSPS) is 12.1. The summed E-state index contributed by atoms with van der Waals surface area (Å²) in [5.74, 6) is 1.02. The van der Waals surface area contributed by atoms with E-state index in [1.54, 1.807) is 24.4 Å². The molecule has 1 unspecified atom stereocenters. The van der Waals surface area contributed by atoms with Crippen LogP contribution in [0.25, 0.3) is 22.3 Å². The molecule has 142 valence electrons. The van der Waals surface area contributed by atoms with Crippen LogP contribution in [0.5, 0.6) is 11.5 Å². The average Bonchev–Trinajstić information content (AvgIpc) is 3.16. The molecule has 7 heteroatoms. The van der Waals surface area contributed by atoms with Crippen molar-refractivity contribution in [2.75, 3.05) is 12.4 Å². The van der Waals surface area contributed by atoms with Crippen molar-refractivity contribution in [3.05, 3.63) is 61.1 Å². The van der Waals surface area contributed by atoms with Gasteiger partial charge in [0.1, 0.15) is 6.17 Å². The first-order chi connectivity index (χ1) is 13.7. The fourth-order valence-electron chi connectivity index (χ4n) is 3.17. The number of ether oxygens (including phenoxy) is 1. The highest BCUT2D eigenvalue weighted by atomic mass is 16.5. The second-order valence-electron chi connectivity index (χ2n) is 6.36. The molecule has 0 bridgehead atoms. The van der Waals surface area contributed by atoms with Crippen LogP contribution in [0, 0.1) is 0 Å². The summed E-state index contributed by atoms with van der Waals surface area (Å²) in [5, 5.41) is 13.2. The summed E-state index contributed by atoms with van der Waals surface area (Å²) in [7, 11) is 1.52. The lowest BCUT2D eigenvalue weighted by molar-refractivity contribution is 0.373. The first-order valence-electron chi connectivity index (χ1n) is 9.08. The standard InChI is InChI=1S/C21H21N5O2/c1-3-20(26-13-23-16-6-4-5-7-17(16)26)25-21-22-11-10-15(24-21)14-8-9-18(27)19(12-14)28-2/h4-13,20,27H,3H2,1-2H3,(H,22,24,25). The van der Waals surface area contributed by atoms with Crippen molar-refractivity contribution in [3.63, 3.8) is 0 Å². The molecule has 2 heterocycles. The van der Waals surface area contributed by atoms with Gasteiger partial charge in [-0.3, -0.25) is 0 Å². The van der Waals surface area contributed by atoms with Gasteiger partial charge in [-0.05, 0) is 42.8 Å². The van der Waals surface area contributed by atoms with Gasteiger partial charge < -0.3 is 19.7 Å². The fourth-order valence-corrected chi connectivity index (χ4v) is 3.17. The van der Waals surface area contributed by atoms with Gasteiger partial charge in [-0.15, -0.1) is 0 Å². The number of nitrogens with one attached hydrogen (secondary N) is 1. The predicted octanol–water partition coefficient (Wildman–Crippen LogP) is 4.23. The fraction of sp³-hybridized carbons (Fsp3) is 0.190. The second-order valence-corrected chi connectivity index (χ2v) is 6.36. The van der Waals surface area contributed by atoms with E-state index in [1.807, 2.05) is 36.7 Å². The maximum absolute atomic E-state index is 9.80. The van der Waals surface area contributed by atoms with Gasteiger partial charge in [0.25, 0.3) is 0 Å². The van der Waals surface area contributed by atoms with E-state index in [0.29, 0.717) is 11.7 Å². The van der Waals surface area contributed by atoms with Crippen molar-refractivity contribution in [3.8, 4) is 22.8 Å². The van der Waals surface area contributed by atoms with Crippen LogP contribution >= 0.6 is 0 Å². The number of aromatic nitrogens is 4. The van der Waals surface area contributed by atoms with Gasteiger partial charge in [0.2, 0.25) is 5.95 Å². The molecule has 0 radical (unpaired) electrons. The Morgan fingerprint density at radius 2 is 2.00 bits per heavy atom. The van der Waals surface area contributed by atoms with Crippen molar-refractivity contribution in [1.82, 2.24) is 19.5 Å². The van der Waals surface area contributed by atoms with Crippen LogP contribution in [0.3, 0.4) is 0 Å². The first kappa shape index (κ1) is 17.8. The van der Waals surface area contributed by atoms with Crippen LogP contribution in [0.2, 0.25) is 0 Å². The van der Waals surface area contributed by atoms with Crippen molar-refractivity contribution < 1.29 is 9.84 Å². The topological polar surface area (TPSA) is 85.1 Å². The van der Waals surface area contributed by atoms with Gasteiger partial charge in [-0.25, -0.2) is 15.0 Å². The third-order valence-corrected chi connectivity index (χ3v) is 4.63. The van der Waals surface area contributed by atoms with Crippen molar-refractivity contribution in [2.24, 2.45) is 0 Å². The zero-order chi connectivity index (χ0) is 19.5. The highest BCUT2D eigenvalue weighted by molar-refractivity contribution is 5.75. The molecule has 0 aliphatic heterocycles. The lowest BCUT2D eigenvalue weighted by Crippen LogP contribution is -2.18. The summed E-state index contributed by atoms with van der Waals surface area (Å²) in [4.78, 5) is 13.5. The third-order valence-electron chi connectivity index (χ3n) is 4.63. The Labute approximate surface area is 162 Å². The number of phenols is 1. The Bertz CT molecular complexity index is 1110. The van der Waals surface area contributed by atoms with Gasteiger partial charge in [0.15, 0.2) is 11.5 Å². The second kappa shape index (κ2) is 7.56. The lowest BCUT2D eigenvalue weighted by Gasteiger charge is -2.19. The number of hydrogen-bond donors (Lipinski definition) is 2. The van der Waals surface area contributed by atoms with E-state index in [0.717, 1.165) is 28.7 Å². The third kappa shape index (κ3) is 3.34. The number of fused-ring (bicyclic) bond motifs is 1. The number of imidazole rings is 1. The monoisotopic (exact) mass is 375 g/mol. The lowest BCUT2D eigenvalue weighted by atomic mass is 10.1. The Morgan fingerprint density at radius 3 is 2.82 bits per heavy atom. The Kier molecular flexibility index (Phi) is 4.80. The van der Waals surface area contributed by atoms with E-state index < -0.39 is 0 Å². The number of phenolic OH excluding ortho intramolecular Hbond substituents is 1. The molecule has 0 saturated heterocycles. The highest BCUT2D eigenvalue weighted by Crippen LogP contribution is 2.31. The van der Waals surface area contributed by atoms with Gasteiger partial charge in [-0.1, -0.05) is 19.1 Å². The SMILES string of the molecule is CCC(Nc1nccc(-c2ccc(O)c(OC)c2)n1)n1cnc2ccccc21. The number of hydrogen-bond acceptors (Lipinski definition) is 6. The van der Waals surface area contributed by atoms with E-state index in [4.69, 9.17) is 4.74 Å². The average molecular weight is 375 g/mol. The predicted molar refractivity (Wildman–Crippen MR) is 108 cm³/mol. The van der Waals surface area contributed by atoms with Crippen LogP contribution < -0.4 is 10.1 Å². The van der Waals surface area contributed by atoms with Crippen LogP contribution in [0.1, 0.15) is 19.5 Å². The molecule has 0 fully saturated rings. The molecule has 7 nitrogen and oxygen atoms in total. The molecular weight excluding hydrogens is 354 g/mol. The maximum Gasteiger partial charge on any atom is 0.224 e. The minimum Gasteiger partial charge on any atom is -0.504 e. The first-order valence-corrected chi connectivity index (χ1v) is 9.08. The zero-order valence-corrected chi connectivity index (χ0v) is 15.7. The highest BCUT2D eigenvalue weighted by Gasteiger charge is 2.14. The van der Waals surface area contributed by atoms with Crippen LogP contribution in [0.15, 0.2) is 61.1 Å². The summed E-state index contributed by atoms with van der Waals surface area (Å²) in [6, 6.07) is 15.0. The Hall–Kier alpha value is -3.61. The molecule has 0 amide bonds.